The SMILES string of the molecule is c1ccc(C23Nc4ccccc4C2(c2ccccc2)c2ccccc2N3)cc1. The Morgan fingerprint density at radius 1 is 0.429 bits per heavy atom. The molecule has 0 unspecified atom stereocenters. The number of fused-ring (bicyclic) bond motifs is 5. The van der Waals surface area contributed by atoms with Crippen LogP contribution >= 0.6 is 0 Å². The second kappa shape index (κ2) is 5.49. The number of para-hydroxylation sites is 2. The van der Waals surface area contributed by atoms with Crippen LogP contribution in [-0.4, -0.2) is 0 Å². The largest absolute Gasteiger partial charge is 0.358 e. The molecule has 134 valence electrons. The first-order chi connectivity index (χ1) is 13.9. The van der Waals surface area contributed by atoms with Gasteiger partial charge in [0.2, 0.25) is 0 Å². The van der Waals surface area contributed by atoms with Crippen molar-refractivity contribution in [3.05, 3.63) is 131 Å². The topological polar surface area (TPSA) is 24.1 Å². The van der Waals surface area contributed by atoms with Crippen LogP contribution in [0, 0.1) is 0 Å². The Hall–Kier alpha value is -3.52. The van der Waals surface area contributed by atoms with Crippen molar-refractivity contribution in [1.82, 2.24) is 0 Å². The molecular formula is C26H20N2. The van der Waals surface area contributed by atoms with E-state index in [0.717, 1.165) is 0 Å². The number of hydrogen-bond donors (Lipinski definition) is 2. The molecule has 0 saturated carbocycles. The van der Waals surface area contributed by atoms with E-state index in [4.69, 9.17) is 0 Å². The average Bonchev–Trinajstić information content (AvgIpc) is 3.23. The molecule has 2 heteroatoms. The predicted octanol–water partition coefficient (Wildman–Crippen LogP) is 5.73. The Balaban J connectivity index is 1.80. The fourth-order valence-electron chi connectivity index (χ4n) is 5.27. The molecule has 0 atom stereocenters. The Morgan fingerprint density at radius 3 is 1.39 bits per heavy atom. The summed E-state index contributed by atoms with van der Waals surface area (Å²) < 4.78 is 0. The maximum Gasteiger partial charge on any atom is 0.153 e. The van der Waals surface area contributed by atoms with Crippen molar-refractivity contribution >= 4 is 11.4 Å². The molecule has 2 nitrogen and oxygen atoms in total. The molecule has 0 radical (unpaired) electrons. The van der Waals surface area contributed by atoms with E-state index in [1.54, 1.807) is 0 Å². The van der Waals surface area contributed by atoms with Gasteiger partial charge in [-0.1, -0.05) is 97.1 Å². The molecular weight excluding hydrogens is 340 g/mol. The lowest BCUT2D eigenvalue weighted by Gasteiger charge is -2.42. The summed E-state index contributed by atoms with van der Waals surface area (Å²) in [5.74, 6) is 0. The molecule has 2 N–H and O–H groups in total. The molecule has 0 fully saturated rings. The van der Waals surface area contributed by atoms with Crippen molar-refractivity contribution in [2.45, 2.75) is 11.1 Å². The fourth-order valence-corrected chi connectivity index (χ4v) is 5.27. The molecule has 6 rings (SSSR count). The average molecular weight is 360 g/mol. The van der Waals surface area contributed by atoms with E-state index >= 15 is 0 Å². The molecule has 0 spiro atoms. The summed E-state index contributed by atoms with van der Waals surface area (Å²) in [4.78, 5) is 0. The van der Waals surface area contributed by atoms with Crippen LogP contribution in [0.2, 0.25) is 0 Å². The van der Waals surface area contributed by atoms with Crippen LogP contribution in [0.3, 0.4) is 0 Å². The standard InChI is InChI=1S/C26H20N2/c1-3-11-19(12-4-1)25-21-15-7-9-17-23(21)27-26(25,20-13-5-2-6-14-20)28-24-18-10-8-16-22(24)25/h1-18,27-28H. The zero-order chi connectivity index (χ0) is 18.6. The van der Waals surface area contributed by atoms with Crippen molar-refractivity contribution in [3.63, 3.8) is 0 Å². The van der Waals surface area contributed by atoms with Gasteiger partial charge in [0, 0.05) is 11.4 Å². The van der Waals surface area contributed by atoms with Gasteiger partial charge in [-0.25, -0.2) is 0 Å². The Kier molecular flexibility index (Phi) is 3.05. The van der Waals surface area contributed by atoms with E-state index in [-0.39, 0.29) is 5.41 Å². The molecule has 2 aliphatic heterocycles. The summed E-state index contributed by atoms with van der Waals surface area (Å²) in [6.07, 6.45) is 0. The quantitative estimate of drug-likeness (QED) is 0.477. The second-order valence-corrected chi connectivity index (χ2v) is 7.57. The number of benzene rings is 4. The van der Waals surface area contributed by atoms with Gasteiger partial charge in [0.15, 0.2) is 5.66 Å². The summed E-state index contributed by atoms with van der Waals surface area (Å²) in [6, 6.07) is 39.1. The first-order valence-electron chi connectivity index (χ1n) is 9.73. The van der Waals surface area contributed by atoms with E-state index in [0.29, 0.717) is 0 Å². The lowest BCUT2D eigenvalue weighted by Crippen LogP contribution is -2.52. The number of nitrogens with one attached hydrogen (secondary N) is 2. The van der Waals surface area contributed by atoms with Gasteiger partial charge in [-0.05, 0) is 34.4 Å². The van der Waals surface area contributed by atoms with Crippen LogP contribution in [-0.2, 0) is 11.1 Å². The third kappa shape index (κ3) is 1.73. The number of hydrogen-bond acceptors (Lipinski definition) is 2. The highest BCUT2D eigenvalue weighted by atomic mass is 15.3. The Morgan fingerprint density at radius 2 is 0.857 bits per heavy atom. The molecule has 2 aliphatic rings. The lowest BCUT2D eigenvalue weighted by atomic mass is 9.63. The highest BCUT2D eigenvalue weighted by Crippen LogP contribution is 2.64. The van der Waals surface area contributed by atoms with Crippen LogP contribution in [0.4, 0.5) is 11.4 Å². The van der Waals surface area contributed by atoms with Crippen molar-refractivity contribution in [2.75, 3.05) is 10.6 Å². The van der Waals surface area contributed by atoms with Crippen molar-refractivity contribution in [1.29, 1.82) is 0 Å². The van der Waals surface area contributed by atoms with Gasteiger partial charge in [-0.3, -0.25) is 0 Å². The molecule has 4 aromatic rings. The summed E-state index contributed by atoms with van der Waals surface area (Å²) in [7, 11) is 0. The summed E-state index contributed by atoms with van der Waals surface area (Å²) in [5.41, 5.74) is 6.64. The molecule has 28 heavy (non-hydrogen) atoms. The molecule has 4 aromatic carbocycles. The zero-order valence-corrected chi connectivity index (χ0v) is 15.4. The molecule has 0 amide bonds. The van der Waals surface area contributed by atoms with E-state index < -0.39 is 5.66 Å². The van der Waals surface area contributed by atoms with Gasteiger partial charge in [-0.15, -0.1) is 0 Å². The first-order valence-corrected chi connectivity index (χ1v) is 9.73. The molecule has 2 heterocycles. The van der Waals surface area contributed by atoms with Crippen LogP contribution in [0.5, 0.6) is 0 Å². The second-order valence-electron chi connectivity index (χ2n) is 7.57. The minimum atomic E-state index is -0.483. The van der Waals surface area contributed by atoms with Gasteiger partial charge in [0.05, 0.1) is 5.41 Å². The summed E-state index contributed by atoms with van der Waals surface area (Å²) in [6.45, 7) is 0. The predicted molar refractivity (Wildman–Crippen MR) is 115 cm³/mol. The molecule has 0 bridgehead atoms. The van der Waals surface area contributed by atoms with E-state index in [1.165, 1.54) is 33.6 Å². The third-order valence-corrected chi connectivity index (χ3v) is 6.28. The monoisotopic (exact) mass is 360 g/mol. The minimum Gasteiger partial charge on any atom is -0.358 e. The number of rotatable bonds is 2. The highest BCUT2D eigenvalue weighted by molar-refractivity contribution is 5.84. The molecule has 0 aromatic heterocycles. The van der Waals surface area contributed by atoms with Gasteiger partial charge < -0.3 is 10.6 Å². The van der Waals surface area contributed by atoms with Gasteiger partial charge in [-0.2, -0.15) is 0 Å². The van der Waals surface area contributed by atoms with Crippen LogP contribution in [0.1, 0.15) is 22.3 Å². The van der Waals surface area contributed by atoms with Gasteiger partial charge in [0.25, 0.3) is 0 Å². The Labute approximate surface area is 164 Å². The van der Waals surface area contributed by atoms with Crippen LogP contribution in [0.15, 0.2) is 109 Å². The van der Waals surface area contributed by atoms with Crippen molar-refractivity contribution in [2.24, 2.45) is 0 Å². The van der Waals surface area contributed by atoms with E-state index in [1.807, 2.05) is 0 Å². The maximum absolute atomic E-state index is 3.90. The van der Waals surface area contributed by atoms with E-state index in [9.17, 15) is 0 Å². The fraction of sp³-hybridized carbons (Fsp3) is 0.0769. The summed E-state index contributed by atoms with van der Waals surface area (Å²) >= 11 is 0. The third-order valence-electron chi connectivity index (χ3n) is 6.28. The minimum absolute atomic E-state index is 0.358. The normalized spacial score (nSPS) is 23.9. The maximum atomic E-state index is 3.90. The van der Waals surface area contributed by atoms with Crippen molar-refractivity contribution in [3.8, 4) is 0 Å². The summed E-state index contributed by atoms with van der Waals surface area (Å²) in [5, 5.41) is 7.80. The smallest absolute Gasteiger partial charge is 0.153 e. The van der Waals surface area contributed by atoms with Gasteiger partial charge >= 0.3 is 0 Å². The Bertz CT molecular complexity index is 1120. The zero-order valence-electron chi connectivity index (χ0n) is 15.4. The van der Waals surface area contributed by atoms with Gasteiger partial charge in [0.1, 0.15) is 0 Å². The van der Waals surface area contributed by atoms with E-state index in [2.05, 4.69) is 120 Å². The van der Waals surface area contributed by atoms with Crippen LogP contribution in [0.25, 0.3) is 0 Å². The lowest BCUT2D eigenvalue weighted by molar-refractivity contribution is 0.438. The van der Waals surface area contributed by atoms with Crippen molar-refractivity contribution < 1.29 is 0 Å². The molecule has 0 aliphatic carbocycles. The number of anilines is 2. The highest BCUT2D eigenvalue weighted by Gasteiger charge is 2.65. The molecule has 0 saturated heterocycles. The van der Waals surface area contributed by atoms with Crippen LogP contribution < -0.4 is 10.6 Å². The first kappa shape index (κ1) is 15.5.